The van der Waals surface area contributed by atoms with E-state index in [2.05, 4.69) is 4.98 Å². The molecule has 7 nitrogen and oxygen atoms in total. The summed E-state index contributed by atoms with van der Waals surface area (Å²) >= 11 is 0. The van der Waals surface area contributed by atoms with Gasteiger partial charge in [0.2, 0.25) is 0 Å². The van der Waals surface area contributed by atoms with Gasteiger partial charge < -0.3 is 5.73 Å². The number of rotatable bonds is 2. The predicted molar refractivity (Wildman–Crippen MR) is 107 cm³/mol. The van der Waals surface area contributed by atoms with Gasteiger partial charge in [-0.05, 0) is 17.7 Å². The molecule has 29 heavy (non-hydrogen) atoms. The Bertz CT molecular complexity index is 1430. The lowest BCUT2D eigenvalue weighted by Gasteiger charge is -2.15. The predicted octanol–water partition coefficient (Wildman–Crippen LogP) is 2.34. The summed E-state index contributed by atoms with van der Waals surface area (Å²) in [5.41, 5.74) is 5.05. The Morgan fingerprint density at radius 2 is 1.72 bits per heavy atom. The van der Waals surface area contributed by atoms with Crippen LogP contribution in [0.1, 0.15) is 5.56 Å². The zero-order valence-electron chi connectivity index (χ0n) is 15.3. The number of hydrogen-bond acceptors (Lipinski definition) is 5. The fraction of sp³-hybridized carbons (Fsp3) is 0.0476. The highest BCUT2D eigenvalue weighted by Crippen LogP contribution is 2.31. The van der Waals surface area contributed by atoms with Gasteiger partial charge in [-0.15, -0.1) is 0 Å². The van der Waals surface area contributed by atoms with Gasteiger partial charge in [-0.1, -0.05) is 42.5 Å². The van der Waals surface area contributed by atoms with Crippen molar-refractivity contribution >= 4 is 16.9 Å². The Balaban J connectivity index is 2.30. The summed E-state index contributed by atoms with van der Waals surface area (Å²) in [6, 6.07) is 16.2. The number of benzene rings is 2. The second-order valence-electron chi connectivity index (χ2n) is 6.36. The van der Waals surface area contributed by atoms with Gasteiger partial charge in [0.15, 0.2) is 5.65 Å². The fourth-order valence-electron chi connectivity index (χ4n) is 3.33. The van der Waals surface area contributed by atoms with Crippen molar-refractivity contribution in [2.75, 3.05) is 5.73 Å². The summed E-state index contributed by atoms with van der Waals surface area (Å²) in [4.78, 5) is 30.4. The van der Waals surface area contributed by atoms with Crippen LogP contribution in [0.5, 0.6) is 0 Å². The Labute approximate surface area is 163 Å². The van der Waals surface area contributed by atoms with Gasteiger partial charge >= 0.3 is 5.69 Å². The minimum absolute atomic E-state index is 0.00676. The van der Waals surface area contributed by atoms with E-state index in [1.165, 1.54) is 25.2 Å². The maximum absolute atomic E-state index is 14.4. The molecule has 0 saturated heterocycles. The molecule has 0 amide bonds. The first kappa shape index (κ1) is 18.1. The van der Waals surface area contributed by atoms with E-state index in [0.717, 1.165) is 15.2 Å². The molecule has 4 rings (SSSR count). The van der Waals surface area contributed by atoms with Gasteiger partial charge in [-0.3, -0.25) is 9.36 Å². The number of aromatic nitrogens is 3. The molecule has 0 atom stereocenters. The lowest BCUT2D eigenvalue weighted by atomic mass is 9.98. The standard InChI is InChI=1S/C21H14FN5O2/c1-26-19-17(20(28)27(21(26)29)15-10-6-5-9-14(15)22)16(12-7-3-2-4-8-12)13(11-23)18(24)25-19/h2-10H,1H3,(H2,24,25). The summed E-state index contributed by atoms with van der Waals surface area (Å²) in [5, 5.41) is 9.66. The molecule has 4 aromatic rings. The van der Waals surface area contributed by atoms with Crippen LogP contribution in [0.3, 0.4) is 0 Å². The molecule has 0 aliphatic heterocycles. The first-order valence-corrected chi connectivity index (χ1v) is 8.61. The van der Waals surface area contributed by atoms with Crippen molar-refractivity contribution in [2.45, 2.75) is 0 Å². The van der Waals surface area contributed by atoms with Gasteiger partial charge in [-0.2, -0.15) is 5.26 Å². The van der Waals surface area contributed by atoms with Crippen molar-refractivity contribution in [3.05, 3.63) is 86.8 Å². The average molecular weight is 387 g/mol. The number of aryl methyl sites for hydroxylation is 1. The third-order valence-electron chi connectivity index (χ3n) is 4.69. The highest BCUT2D eigenvalue weighted by molar-refractivity contribution is 5.97. The maximum Gasteiger partial charge on any atom is 0.337 e. The van der Waals surface area contributed by atoms with E-state index >= 15 is 0 Å². The molecule has 0 fully saturated rings. The van der Waals surface area contributed by atoms with Gasteiger partial charge in [0.1, 0.15) is 23.3 Å². The summed E-state index contributed by atoms with van der Waals surface area (Å²) in [5.74, 6) is -0.826. The van der Waals surface area contributed by atoms with E-state index in [9.17, 15) is 19.2 Å². The third-order valence-corrected chi connectivity index (χ3v) is 4.69. The van der Waals surface area contributed by atoms with Crippen molar-refractivity contribution in [3.63, 3.8) is 0 Å². The molecule has 0 saturated carbocycles. The lowest BCUT2D eigenvalue weighted by molar-refractivity contribution is 0.609. The number of fused-ring (bicyclic) bond motifs is 1. The molecule has 2 aromatic heterocycles. The lowest BCUT2D eigenvalue weighted by Crippen LogP contribution is -2.39. The number of nitrogens with zero attached hydrogens (tertiary/aromatic N) is 4. The minimum Gasteiger partial charge on any atom is -0.383 e. The summed E-state index contributed by atoms with van der Waals surface area (Å²) in [7, 11) is 1.41. The minimum atomic E-state index is -0.781. The Kier molecular flexibility index (Phi) is 4.20. The first-order chi connectivity index (χ1) is 14.0. The number of nitrogen functional groups attached to an aromatic ring is 1. The number of halogens is 1. The first-order valence-electron chi connectivity index (χ1n) is 8.61. The van der Waals surface area contributed by atoms with Crippen LogP contribution in [0, 0.1) is 17.1 Å². The van der Waals surface area contributed by atoms with Gasteiger partial charge in [0, 0.05) is 12.6 Å². The highest BCUT2D eigenvalue weighted by atomic mass is 19.1. The van der Waals surface area contributed by atoms with Crippen LogP contribution >= 0.6 is 0 Å². The molecule has 0 aliphatic rings. The quantitative estimate of drug-likeness (QED) is 0.568. The van der Waals surface area contributed by atoms with Crippen LogP contribution in [0.2, 0.25) is 0 Å². The van der Waals surface area contributed by atoms with Crippen molar-refractivity contribution in [1.29, 1.82) is 5.26 Å². The molecule has 0 spiro atoms. The fourth-order valence-corrected chi connectivity index (χ4v) is 3.33. The molecule has 0 unspecified atom stereocenters. The monoisotopic (exact) mass is 387 g/mol. The van der Waals surface area contributed by atoms with E-state index < -0.39 is 17.1 Å². The number of para-hydroxylation sites is 1. The van der Waals surface area contributed by atoms with Crippen molar-refractivity contribution in [3.8, 4) is 22.9 Å². The smallest absolute Gasteiger partial charge is 0.337 e. The topological polar surface area (TPSA) is 107 Å². The Hall–Kier alpha value is -4.25. The zero-order valence-corrected chi connectivity index (χ0v) is 15.3. The molecule has 0 bridgehead atoms. The van der Waals surface area contributed by atoms with E-state index in [-0.39, 0.29) is 33.7 Å². The van der Waals surface area contributed by atoms with Crippen LogP contribution in [0.15, 0.2) is 64.2 Å². The molecular weight excluding hydrogens is 373 g/mol. The van der Waals surface area contributed by atoms with Crippen LogP contribution < -0.4 is 17.0 Å². The number of pyridine rings is 1. The van der Waals surface area contributed by atoms with E-state index in [1.54, 1.807) is 30.3 Å². The van der Waals surface area contributed by atoms with Gasteiger partial charge in [0.25, 0.3) is 5.56 Å². The second kappa shape index (κ2) is 6.73. The van der Waals surface area contributed by atoms with E-state index in [1.807, 2.05) is 6.07 Å². The van der Waals surface area contributed by atoms with Gasteiger partial charge in [0.05, 0.1) is 11.1 Å². The number of hydrogen-bond donors (Lipinski definition) is 1. The molecular formula is C21H14FN5O2. The Morgan fingerprint density at radius 1 is 1.07 bits per heavy atom. The van der Waals surface area contributed by atoms with E-state index in [0.29, 0.717) is 5.56 Å². The van der Waals surface area contributed by atoms with E-state index in [4.69, 9.17) is 5.73 Å². The average Bonchev–Trinajstić information content (AvgIpc) is 2.73. The molecule has 0 aliphatic carbocycles. The Morgan fingerprint density at radius 3 is 2.38 bits per heavy atom. The normalized spacial score (nSPS) is 10.8. The van der Waals surface area contributed by atoms with Crippen LogP contribution in [0.4, 0.5) is 10.2 Å². The van der Waals surface area contributed by atoms with Crippen LogP contribution in [0.25, 0.3) is 27.8 Å². The highest BCUT2D eigenvalue weighted by Gasteiger charge is 2.23. The number of nitrogens with two attached hydrogens (primary N) is 1. The molecule has 8 heteroatoms. The largest absolute Gasteiger partial charge is 0.383 e. The maximum atomic E-state index is 14.4. The van der Waals surface area contributed by atoms with Crippen molar-refractivity contribution < 1.29 is 4.39 Å². The molecule has 2 heterocycles. The summed E-state index contributed by atoms with van der Waals surface area (Å²) < 4.78 is 16.3. The van der Waals surface area contributed by atoms with Gasteiger partial charge in [-0.25, -0.2) is 18.7 Å². The number of nitriles is 1. The van der Waals surface area contributed by atoms with Crippen molar-refractivity contribution in [1.82, 2.24) is 14.1 Å². The zero-order chi connectivity index (χ0) is 20.7. The van der Waals surface area contributed by atoms with Crippen LogP contribution in [-0.2, 0) is 7.05 Å². The van der Waals surface area contributed by atoms with Crippen LogP contribution in [-0.4, -0.2) is 14.1 Å². The third kappa shape index (κ3) is 2.68. The summed E-state index contributed by atoms with van der Waals surface area (Å²) in [6.07, 6.45) is 0. The molecule has 2 aromatic carbocycles. The molecule has 2 N–H and O–H groups in total. The summed E-state index contributed by atoms with van der Waals surface area (Å²) in [6.45, 7) is 0. The second-order valence-corrected chi connectivity index (χ2v) is 6.36. The number of anilines is 1. The molecule has 142 valence electrons. The molecule has 0 radical (unpaired) electrons. The SMILES string of the molecule is Cn1c(=O)n(-c2ccccc2F)c(=O)c2c(-c3ccccc3)c(C#N)c(N)nc21. The van der Waals surface area contributed by atoms with Crippen molar-refractivity contribution in [2.24, 2.45) is 7.05 Å².